The van der Waals surface area contributed by atoms with Crippen molar-refractivity contribution in [2.45, 2.75) is 0 Å². The van der Waals surface area contributed by atoms with Crippen LogP contribution in [0.25, 0.3) is 0 Å². The molecule has 0 radical (unpaired) electrons. The summed E-state index contributed by atoms with van der Waals surface area (Å²) in [5.41, 5.74) is 3.41. The number of nitrogens with one attached hydrogen (secondary N) is 1. The fourth-order valence-corrected chi connectivity index (χ4v) is 1.40. The lowest BCUT2D eigenvalue weighted by Crippen LogP contribution is -2.29. The van der Waals surface area contributed by atoms with Crippen LogP contribution in [0.4, 0.5) is 11.4 Å². The molecule has 0 spiro atoms. The van der Waals surface area contributed by atoms with Crippen molar-refractivity contribution in [2.75, 3.05) is 24.0 Å². The summed E-state index contributed by atoms with van der Waals surface area (Å²) in [6.07, 6.45) is 1.65. The molecule has 0 saturated carbocycles. The Labute approximate surface area is 92.0 Å². The SMILES string of the molecule is COc1ccc(N([O-])O)c(N2N=CCN2)c1. The molecule has 86 valence electrons. The van der Waals surface area contributed by atoms with Crippen LogP contribution < -0.4 is 20.5 Å². The van der Waals surface area contributed by atoms with Crippen molar-refractivity contribution in [2.24, 2.45) is 5.10 Å². The van der Waals surface area contributed by atoms with Crippen LogP contribution in [0.5, 0.6) is 5.75 Å². The van der Waals surface area contributed by atoms with Crippen LogP contribution in [0.15, 0.2) is 23.3 Å². The maximum absolute atomic E-state index is 10.9. The van der Waals surface area contributed by atoms with Crippen molar-refractivity contribution >= 4 is 17.6 Å². The van der Waals surface area contributed by atoms with Crippen molar-refractivity contribution in [3.8, 4) is 5.75 Å². The zero-order valence-corrected chi connectivity index (χ0v) is 8.62. The van der Waals surface area contributed by atoms with Gasteiger partial charge < -0.3 is 15.2 Å². The van der Waals surface area contributed by atoms with Crippen LogP contribution in [0.2, 0.25) is 0 Å². The van der Waals surface area contributed by atoms with Gasteiger partial charge in [-0.25, -0.2) is 5.43 Å². The number of hydrogen-bond acceptors (Lipinski definition) is 7. The molecule has 1 aliphatic rings. The Balaban J connectivity index is 2.41. The van der Waals surface area contributed by atoms with Gasteiger partial charge in [-0.3, -0.25) is 5.21 Å². The second kappa shape index (κ2) is 4.35. The Bertz CT molecular complexity index is 408. The molecular weight excluding hydrogens is 212 g/mol. The minimum Gasteiger partial charge on any atom is -0.733 e. The fourth-order valence-electron chi connectivity index (χ4n) is 1.40. The van der Waals surface area contributed by atoms with Crippen molar-refractivity contribution in [1.82, 2.24) is 5.43 Å². The molecule has 0 atom stereocenters. The number of hydrazine groups is 1. The zero-order valence-electron chi connectivity index (χ0n) is 8.62. The molecule has 0 bridgehead atoms. The van der Waals surface area contributed by atoms with Crippen LogP contribution >= 0.6 is 0 Å². The molecule has 0 aliphatic carbocycles. The third-order valence-electron chi connectivity index (χ3n) is 2.15. The first-order valence-corrected chi connectivity index (χ1v) is 4.62. The van der Waals surface area contributed by atoms with Crippen LogP contribution in [0.1, 0.15) is 0 Å². The Morgan fingerprint density at radius 1 is 1.62 bits per heavy atom. The lowest BCUT2D eigenvalue weighted by molar-refractivity contribution is 0.296. The van der Waals surface area contributed by atoms with Crippen LogP contribution in [-0.2, 0) is 0 Å². The number of anilines is 2. The number of rotatable bonds is 3. The highest BCUT2D eigenvalue weighted by atomic mass is 16.8. The van der Waals surface area contributed by atoms with Gasteiger partial charge in [0, 0.05) is 12.3 Å². The van der Waals surface area contributed by atoms with E-state index in [4.69, 9.17) is 9.94 Å². The van der Waals surface area contributed by atoms with Gasteiger partial charge in [-0.05, 0) is 12.1 Å². The second-order valence-electron chi connectivity index (χ2n) is 3.10. The van der Waals surface area contributed by atoms with Crippen LogP contribution in [0, 0.1) is 5.21 Å². The average Bonchev–Trinajstić information content (AvgIpc) is 2.81. The summed E-state index contributed by atoms with van der Waals surface area (Å²) in [5, 5.41) is 25.1. The van der Waals surface area contributed by atoms with Crippen molar-refractivity contribution in [1.29, 1.82) is 0 Å². The van der Waals surface area contributed by atoms with Gasteiger partial charge >= 0.3 is 0 Å². The summed E-state index contributed by atoms with van der Waals surface area (Å²) >= 11 is 0. The van der Waals surface area contributed by atoms with E-state index in [0.717, 1.165) is 0 Å². The van der Waals surface area contributed by atoms with Crippen LogP contribution in [0.3, 0.4) is 0 Å². The average molecular weight is 223 g/mol. The van der Waals surface area contributed by atoms with Gasteiger partial charge in [0.2, 0.25) is 0 Å². The van der Waals surface area contributed by atoms with Crippen molar-refractivity contribution in [3.63, 3.8) is 0 Å². The molecule has 0 aromatic heterocycles. The van der Waals surface area contributed by atoms with Gasteiger partial charge in [-0.1, -0.05) is 0 Å². The Morgan fingerprint density at radius 2 is 2.44 bits per heavy atom. The molecule has 2 rings (SSSR count). The first-order chi connectivity index (χ1) is 7.72. The Kier molecular flexibility index (Phi) is 2.91. The molecule has 16 heavy (non-hydrogen) atoms. The normalized spacial score (nSPS) is 14.3. The molecule has 1 aromatic rings. The minimum atomic E-state index is -0.204. The minimum absolute atomic E-state index is 0.0901. The third kappa shape index (κ3) is 1.91. The molecule has 0 unspecified atom stereocenters. The summed E-state index contributed by atoms with van der Waals surface area (Å²) in [6.45, 7) is 0.570. The monoisotopic (exact) mass is 223 g/mol. The number of benzene rings is 1. The molecule has 1 aromatic carbocycles. The number of methoxy groups -OCH3 is 1. The summed E-state index contributed by atoms with van der Waals surface area (Å²) < 4.78 is 5.04. The van der Waals surface area contributed by atoms with E-state index in [9.17, 15) is 5.21 Å². The number of hydrazone groups is 1. The predicted octanol–water partition coefficient (Wildman–Crippen LogP) is 0.699. The van der Waals surface area contributed by atoms with E-state index in [0.29, 0.717) is 18.0 Å². The maximum Gasteiger partial charge on any atom is 0.121 e. The highest BCUT2D eigenvalue weighted by Crippen LogP contribution is 2.32. The molecular formula is C9H11N4O3-. The lowest BCUT2D eigenvalue weighted by atomic mass is 10.2. The second-order valence-corrected chi connectivity index (χ2v) is 3.10. The van der Waals surface area contributed by atoms with Gasteiger partial charge in [0.25, 0.3) is 0 Å². The molecule has 1 aliphatic heterocycles. The predicted molar refractivity (Wildman–Crippen MR) is 59.6 cm³/mol. The zero-order chi connectivity index (χ0) is 11.5. The molecule has 0 saturated heterocycles. The van der Waals surface area contributed by atoms with E-state index in [2.05, 4.69) is 10.5 Å². The first kappa shape index (κ1) is 10.7. The van der Waals surface area contributed by atoms with Crippen molar-refractivity contribution in [3.05, 3.63) is 23.4 Å². The van der Waals surface area contributed by atoms with E-state index in [1.165, 1.54) is 18.3 Å². The van der Waals surface area contributed by atoms with Crippen LogP contribution in [-0.4, -0.2) is 25.1 Å². The van der Waals surface area contributed by atoms with E-state index in [-0.39, 0.29) is 10.9 Å². The summed E-state index contributed by atoms with van der Waals surface area (Å²) in [5.74, 6) is 0.574. The van der Waals surface area contributed by atoms with Gasteiger partial charge in [-0.2, -0.15) is 10.2 Å². The van der Waals surface area contributed by atoms with Gasteiger partial charge in [-0.15, -0.1) is 0 Å². The number of hydrogen-bond donors (Lipinski definition) is 2. The molecule has 0 fully saturated rings. The Hall–Kier alpha value is -1.83. The number of ether oxygens (including phenoxy) is 1. The highest BCUT2D eigenvalue weighted by Gasteiger charge is 2.14. The summed E-state index contributed by atoms with van der Waals surface area (Å²) in [7, 11) is 1.52. The maximum atomic E-state index is 10.9. The van der Waals surface area contributed by atoms with Gasteiger partial charge in [0.05, 0.1) is 19.3 Å². The molecule has 0 amide bonds. The first-order valence-electron chi connectivity index (χ1n) is 4.62. The molecule has 1 heterocycles. The van der Waals surface area contributed by atoms with Gasteiger partial charge in [0.15, 0.2) is 0 Å². The van der Waals surface area contributed by atoms with Crippen molar-refractivity contribution < 1.29 is 9.94 Å². The quantitative estimate of drug-likeness (QED) is 0.734. The fraction of sp³-hybridized carbons (Fsp3) is 0.222. The topological polar surface area (TPSA) is 83.4 Å². The lowest BCUT2D eigenvalue weighted by Gasteiger charge is -2.27. The smallest absolute Gasteiger partial charge is 0.121 e. The van der Waals surface area contributed by atoms with E-state index in [1.807, 2.05) is 0 Å². The molecule has 2 N–H and O–H groups in total. The summed E-state index contributed by atoms with van der Waals surface area (Å²) in [6, 6.07) is 4.64. The molecule has 7 nitrogen and oxygen atoms in total. The highest BCUT2D eigenvalue weighted by molar-refractivity contribution is 5.75. The van der Waals surface area contributed by atoms with E-state index < -0.39 is 0 Å². The molecule has 7 heteroatoms. The standard InChI is InChI=1S/C9H11N4O3/c1-16-7-2-3-8(13(14)15)9(6-7)12-10-4-5-11-12/h2-4,6,11,14H,5H2,1H3/q-1. The van der Waals surface area contributed by atoms with Gasteiger partial charge in [0.1, 0.15) is 11.4 Å². The van der Waals surface area contributed by atoms with E-state index >= 15 is 0 Å². The van der Waals surface area contributed by atoms with E-state index in [1.54, 1.807) is 18.3 Å². The number of nitrogens with zero attached hydrogens (tertiary/aromatic N) is 3. The third-order valence-corrected chi connectivity index (χ3v) is 2.15. The largest absolute Gasteiger partial charge is 0.733 e. The summed E-state index contributed by atoms with van der Waals surface area (Å²) in [4.78, 5) is 0. The Morgan fingerprint density at radius 3 is 3.00 bits per heavy atom.